The van der Waals surface area contributed by atoms with Crippen molar-refractivity contribution in [1.82, 2.24) is 10.6 Å². The molecule has 0 spiro atoms. The van der Waals surface area contributed by atoms with E-state index in [2.05, 4.69) is 10.6 Å². The number of amides is 1. The van der Waals surface area contributed by atoms with E-state index in [9.17, 15) is 14.9 Å². The Hall–Kier alpha value is -1.18. The van der Waals surface area contributed by atoms with Crippen molar-refractivity contribution in [3.63, 3.8) is 0 Å². The lowest BCUT2D eigenvalue weighted by Gasteiger charge is -2.29. The highest BCUT2D eigenvalue weighted by molar-refractivity contribution is 7.17. The summed E-state index contributed by atoms with van der Waals surface area (Å²) in [6, 6.07) is 4.12. The van der Waals surface area contributed by atoms with E-state index in [-0.39, 0.29) is 29.4 Å². The van der Waals surface area contributed by atoms with Crippen LogP contribution < -0.4 is 10.6 Å². The van der Waals surface area contributed by atoms with Crippen LogP contribution in [0, 0.1) is 10.1 Å². The maximum Gasteiger partial charge on any atom is 0.324 e. The first-order chi connectivity index (χ1) is 9.11. The molecule has 2 fully saturated rings. The summed E-state index contributed by atoms with van der Waals surface area (Å²) < 4.78 is 0. The molecule has 8 heteroatoms. The molecule has 2 atom stereocenters. The van der Waals surface area contributed by atoms with Gasteiger partial charge in [-0.25, -0.2) is 0 Å². The first kappa shape index (κ1) is 15.2. The van der Waals surface area contributed by atoms with Crippen LogP contribution in [-0.4, -0.2) is 29.0 Å². The van der Waals surface area contributed by atoms with Crippen molar-refractivity contribution in [2.24, 2.45) is 0 Å². The first-order valence-corrected chi connectivity index (χ1v) is 7.24. The number of thiophene rings is 1. The van der Waals surface area contributed by atoms with Crippen LogP contribution in [0.3, 0.4) is 0 Å². The molecule has 1 aromatic rings. The fraction of sp³-hybridized carbons (Fsp3) is 0.583. The molecule has 2 aliphatic rings. The molecule has 2 bridgehead atoms. The van der Waals surface area contributed by atoms with Gasteiger partial charge in [-0.3, -0.25) is 14.9 Å². The Morgan fingerprint density at radius 1 is 1.35 bits per heavy atom. The van der Waals surface area contributed by atoms with Crippen LogP contribution in [0.4, 0.5) is 5.00 Å². The zero-order valence-corrected chi connectivity index (χ0v) is 12.3. The first-order valence-electron chi connectivity index (χ1n) is 6.43. The summed E-state index contributed by atoms with van der Waals surface area (Å²) in [5, 5.41) is 17.1. The number of hydrogen-bond acceptors (Lipinski definition) is 5. The van der Waals surface area contributed by atoms with Gasteiger partial charge in [0.2, 0.25) is 0 Å². The van der Waals surface area contributed by atoms with Crippen LogP contribution in [0.15, 0.2) is 12.1 Å². The standard InChI is InChI=1S/C12H15N3O3S.ClH/c16-12(10-3-4-11(19-10)15(17)18)14-9-5-7-1-2-8(6-9)13-7;/h3-4,7-9,13H,1-2,5-6H2,(H,14,16);1H. The average molecular weight is 318 g/mol. The largest absolute Gasteiger partial charge is 0.348 e. The Bertz CT molecular complexity index is 510. The van der Waals surface area contributed by atoms with E-state index in [1.807, 2.05) is 0 Å². The second-order valence-electron chi connectivity index (χ2n) is 5.17. The number of nitro groups is 1. The molecule has 2 saturated heterocycles. The Morgan fingerprint density at radius 2 is 2.00 bits per heavy atom. The SMILES string of the molecule is Cl.O=C(NC1CC2CCC(C1)N2)c1ccc([N+](=O)[O-])s1. The maximum absolute atomic E-state index is 12.0. The third-order valence-electron chi connectivity index (χ3n) is 3.80. The summed E-state index contributed by atoms with van der Waals surface area (Å²) in [4.78, 5) is 22.6. The number of fused-ring (bicyclic) bond motifs is 2. The highest BCUT2D eigenvalue weighted by Crippen LogP contribution is 2.28. The van der Waals surface area contributed by atoms with Crippen LogP contribution in [0.25, 0.3) is 0 Å². The van der Waals surface area contributed by atoms with Gasteiger partial charge in [-0.2, -0.15) is 0 Å². The lowest BCUT2D eigenvalue weighted by molar-refractivity contribution is -0.380. The Morgan fingerprint density at radius 3 is 2.55 bits per heavy atom. The van der Waals surface area contributed by atoms with Gasteiger partial charge in [0.1, 0.15) is 0 Å². The van der Waals surface area contributed by atoms with Crippen molar-refractivity contribution in [3.05, 3.63) is 27.1 Å². The van der Waals surface area contributed by atoms with Crippen LogP contribution in [0.2, 0.25) is 0 Å². The van der Waals surface area contributed by atoms with E-state index in [1.54, 1.807) is 0 Å². The fourth-order valence-electron chi connectivity index (χ4n) is 2.98. The molecule has 110 valence electrons. The number of hydrogen-bond donors (Lipinski definition) is 2. The van der Waals surface area contributed by atoms with Crippen molar-refractivity contribution >= 4 is 34.7 Å². The fourth-order valence-corrected chi connectivity index (χ4v) is 3.70. The Kier molecular flexibility index (Phi) is 4.62. The number of nitrogens with one attached hydrogen (secondary N) is 2. The number of carbonyl (C=O) groups is 1. The molecule has 0 aliphatic carbocycles. The summed E-state index contributed by atoms with van der Waals surface area (Å²) in [6.45, 7) is 0. The summed E-state index contributed by atoms with van der Waals surface area (Å²) in [5.74, 6) is -0.190. The maximum atomic E-state index is 12.0. The molecular formula is C12H16ClN3O3S. The van der Waals surface area contributed by atoms with Gasteiger partial charge in [0.25, 0.3) is 5.91 Å². The number of halogens is 1. The van der Waals surface area contributed by atoms with Gasteiger partial charge in [-0.15, -0.1) is 12.4 Å². The molecule has 1 aromatic heterocycles. The van der Waals surface area contributed by atoms with E-state index in [0.29, 0.717) is 17.0 Å². The molecule has 2 aliphatic heterocycles. The van der Waals surface area contributed by atoms with Gasteiger partial charge >= 0.3 is 5.00 Å². The third-order valence-corrected chi connectivity index (χ3v) is 4.84. The van der Waals surface area contributed by atoms with Crippen LogP contribution >= 0.6 is 23.7 Å². The molecule has 2 N–H and O–H groups in total. The molecule has 6 nitrogen and oxygen atoms in total. The van der Waals surface area contributed by atoms with Gasteiger partial charge in [0, 0.05) is 24.2 Å². The van der Waals surface area contributed by atoms with Crippen LogP contribution in [0.1, 0.15) is 35.4 Å². The molecule has 20 heavy (non-hydrogen) atoms. The van der Waals surface area contributed by atoms with E-state index in [0.717, 1.165) is 24.2 Å². The quantitative estimate of drug-likeness (QED) is 0.660. The second-order valence-corrected chi connectivity index (χ2v) is 6.24. The van der Waals surface area contributed by atoms with Crippen molar-refractivity contribution in [2.75, 3.05) is 0 Å². The molecule has 3 heterocycles. The zero-order valence-electron chi connectivity index (χ0n) is 10.7. The zero-order chi connectivity index (χ0) is 13.4. The highest BCUT2D eigenvalue weighted by atomic mass is 35.5. The van der Waals surface area contributed by atoms with Crippen molar-refractivity contribution in [3.8, 4) is 0 Å². The molecule has 0 saturated carbocycles. The number of piperidine rings is 1. The minimum absolute atomic E-state index is 0. The van der Waals surface area contributed by atoms with Gasteiger partial charge in [-0.1, -0.05) is 11.3 Å². The molecule has 0 radical (unpaired) electrons. The predicted octanol–water partition coefficient (Wildman–Crippen LogP) is 2.09. The smallest absolute Gasteiger partial charge is 0.324 e. The predicted molar refractivity (Wildman–Crippen MR) is 78.7 cm³/mol. The van der Waals surface area contributed by atoms with E-state index in [1.165, 1.54) is 25.0 Å². The van der Waals surface area contributed by atoms with E-state index < -0.39 is 4.92 Å². The van der Waals surface area contributed by atoms with Crippen LogP contribution in [0.5, 0.6) is 0 Å². The lowest BCUT2D eigenvalue weighted by atomic mass is 10.00. The minimum atomic E-state index is -0.466. The molecule has 2 unspecified atom stereocenters. The monoisotopic (exact) mass is 317 g/mol. The second kappa shape index (κ2) is 6.07. The van der Waals surface area contributed by atoms with Gasteiger partial charge in [0.05, 0.1) is 9.80 Å². The molecule has 0 aromatic carbocycles. The van der Waals surface area contributed by atoms with Gasteiger partial charge < -0.3 is 10.6 Å². The molecule has 3 rings (SSSR count). The summed E-state index contributed by atoms with van der Waals surface area (Å²) in [5.41, 5.74) is 0. The van der Waals surface area contributed by atoms with E-state index in [4.69, 9.17) is 0 Å². The number of carbonyl (C=O) groups excluding carboxylic acids is 1. The minimum Gasteiger partial charge on any atom is -0.348 e. The summed E-state index contributed by atoms with van der Waals surface area (Å²) in [7, 11) is 0. The highest BCUT2D eigenvalue weighted by Gasteiger charge is 2.34. The van der Waals surface area contributed by atoms with E-state index >= 15 is 0 Å². The third kappa shape index (κ3) is 3.11. The Balaban J connectivity index is 0.00000147. The topological polar surface area (TPSA) is 84.3 Å². The summed E-state index contributed by atoms with van der Waals surface area (Å²) in [6.07, 6.45) is 4.27. The summed E-state index contributed by atoms with van der Waals surface area (Å²) >= 11 is 0.928. The van der Waals surface area contributed by atoms with Crippen molar-refractivity contribution in [2.45, 2.75) is 43.8 Å². The number of rotatable bonds is 3. The number of nitrogens with zero attached hydrogens (tertiary/aromatic N) is 1. The van der Waals surface area contributed by atoms with Crippen molar-refractivity contribution < 1.29 is 9.72 Å². The Labute approximate surface area is 126 Å². The molecular weight excluding hydrogens is 302 g/mol. The average Bonchev–Trinajstić information content (AvgIpc) is 2.96. The lowest BCUT2D eigenvalue weighted by Crippen LogP contribution is -2.47. The normalized spacial score (nSPS) is 27.7. The van der Waals surface area contributed by atoms with Crippen LogP contribution in [-0.2, 0) is 0 Å². The van der Waals surface area contributed by atoms with Crippen molar-refractivity contribution in [1.29, 1.82) is 0 Å². The van der Waals surface area contributed by atoms with Gasteiger partial charge in [0.15, 0.2) is 0 Å². The van der Waals surface area contributed by atoms with Gasteiger partial charge in [-0.05, 0) is 31.7 Å². The molecule has 1 amide bonds.